The molecule has 1 aliphatic heterocycles. The highest BCUT2D eigenvalue weighted by Crippen LogP contribution is 2.30. The molecule has 15 heavy (non-hydrogen) atoms. The van der Waals surface area contributed by atoms with E-state index in [1.165, 1.54) is 6.07 Å². The number of hydrogen-bond donors (Lipinski definition) is 1. The molecule has 1 aromatic heterocycles. The van der Waals surface area contributed by atoms with E-state index in [1.54, 1.807) is 6.20 Å². The summed E-state index contributed by atoms with van der Waals surface area (Å²) in [4.78, 5) is 3.99. The molecule has 1 N–H and O–H groups in total. The Bertz CT molecular complexity index is 375. The van der Waals surface area contributed by atoms with E-state index in [4.69, 9.17) is 4.74 Å². The number of rotatable bonds is 2. The lowest BCUT2D eigenvalue weighted by molar-refractivity contribution is -0.188. The highest BCUT2D eigenvalue weighted by molar-refractivity contribution is 5.24. The smallest absolute Gasteiger partial charge is 0.156 e. The van der Waals surface area contributed by atoms with Gasteiger partial charge in [-0.1, -0.05) is 13.8 Å². The predicted molar refractivity (Wildman–Crippen MR) is 53.0 cm³/mol. The minimum absolute atomic E-state index is 0.0955. The van der Waals surface area contributed by atoms with Crippen molar-refractivity contribution in [3.63, 3.8) is 0 Å². The summed E-state index contributed by atoms with van der Waals surface area (Å²) < 4.78 is 18.5. The van der Waals surface area contributed by atoms with E-state index in [0.29, 0.717) is 0 Å². The molecule has 1 aliphatic rings. The minimum Gasteiger partial charge on any atom is -0.379 e. The van der Waals surface area contributed by atoms with Crippen LogP contribution >= 0.6 is 0 Å². The van der Waals surface area contributed by atoms with Crippen molar-refractivity contribution < 1.29 is 14.2 Å². The van der Waals surface area contributed by atoms with Crippen LogP contribution in [-0.4, -0.2) is 23.3 Å². The highest BCUT2D eigenvalue weighted by atomic mass is 19.1. The maximum Gasteiger partial charge on any atom is 0.156 e. The second kappa shape index (κ2) is 3.54. The fraction of sp³-hybridized carbons (Fsp3) is 0.545. The first kappa shape index (κ1) is 10.5. The number of hydrogen-bond acceptors (Lipinski definition) is 3. The maximum atomic E-state index is 13.6. The van der Waals surface area contributed by atoms with Gasteiger partial charge in [0.15, 0.2) is 5.60 Å². The Balaban J connectivity index is 2.34. The second-order valence-corrected chi connectivity index (χ2v) is 4.28. The summed E-state index contributed by atoms with van der Waals surface area (Å²) in [7, 11) is 0. The first-order chi connectivity index (χ1) is 7.03. The molecule has 3 nitrogen and oxygen atoms in total. The zero-order valence-electron chi connectivity index (χ0n) is 8.83. The SMILES string of the molecule is CC(C)c1cnc(C2(O)COC2)c(F)c1. The molecule has 0 saturated carbocycles. The lowest BCUT2D eigenvalue weighted by Gasteiger charge is -2.35. The number of halogens is 1. The van der Waals surface area contributed by atoms with Crippen molar-refractivity contribution >= 4 is 0 Å². The van der Waals surface area contributed by atoms with Crippen LogP contribution in [0.15, 0.2) is 12.3 Å². The lowest BCUT2D eigenvalue weighted by Crippen LogP contribution is -2.47. The quantitative estimate of drug-likeness (QED) is 0.807. The van der Waals surface area contributed by atoms with Gasteiger partial charge >= 0.3 is 0 Å². The van der Waals surface area contributed by atoms with Crippen LogP contribution in [0.5, 0.6) is 0 Å². The zero-order chi connectivity index (χ0) is 11.1. The molecule has 1 saturated heterocycles. The fourth-order valence-electron chi connectivity index (χ4n) is 1.54. The molecule has 82 valence electrons. The van der Waals surface area contributed by atoms with Crippen molar-refractivity contribution in [2.45, 2.75) is 25.4 Å². The van der Waals surface area contributed by atoms with Crippen LogP contribution in [0.2, 0.25) is 0 Å². The van der Waals surface area contributed by atoms with Crippen LogP contribution in [0.3, 0.4) is 0 Å². The van der Waals surface area contributed by atoms with E-state index in [2.05, 4.69) is 4.98 Å². The second-order valence-electron chi connectivity index (χ2n) is 4.28. The first-order valence-electron chi connectivity index (χ1n) is 4.99. The zero-order valence-corrected chi connectivity index (χ0v) is 8.83. The largest absolute Gasteiger partial charge is 0.379 e. The van der Waals surface area contributed by atoms with Crippen LogP contribution < -0.4 is 0 Å². The summed E-state index contributed by atoms with van der Waals surface area (Å²) >= 11 is 0. The summed E-state index contributed by atoms with van der Waals surface area (Å²) in [6.45, 7) is 4.19. The predicted octanol–water partition coefficient (Wildman–Crippen LogP) is 1.56. The molecule has 2 heterocycles. The number of ether oxygens (including phenoxy) is 1. The van der Waals surface area contributed by atoms with Gasteiger partial charge in [0.25, 0.3) is 0 Å². The van der Waals surface area contributed by atoms with Crippen LogP contribution in [0.25, 0.3) is 0 Å². The van der Waals surface area contributed by atoms with Gasteiger partial charge in [-0.15, -0.1) is 0 Å². The van der Waals surface area contributed by atoms with Crippen LogP contribution in [0, 0.1) is 5.82 Å². The fourth-order valence-corrected chi connectivity index (χ4v) is 1.54. The Labute approximate surface area is 87.9 Å². The monoisotopic (exact) mass is 211 g/mol. The van der Waals surface area contributed by atoms with Gasteiger partial charge in [-0.2, -0.15) is 0 Å². The van der Waals surface area contributed by atoms with Gasteiger partial charge < -0.3 is 9.84 Å². The Kier molecular flexibility index (Phi) is 2.48. The van der Waals surface area contributed by atoms with E-state index in [-0.39, 0.29) is 24.8 Å². The van der Waals surface area contributed by atoms with Gasteiger partial charge in [0.1, 0.15) is 11.5 Å². The summed E-state index contributed by atoms with van der Waals surface area (Å²) in [6, 6.07) is 1.43. The molecule has 0 radical (unpaired) electrons. The van der Waals surface area contributed by atoms with Gasteiger partial charge in [-0.25, -0.2) is 4.39 Å². The topological polar surface area (TPSA) is 42.4 Å². The third-order valence-corrected chi connectivity index (χ3v) is 2.65. The van der Waals surface area contributed by atoms with E-state index < -0.39 is 11.4 Å². The van der Waals surface area contributed by atoms with Gasteiger partial charge in [-0.3, -0.25) is 4.98 Å². The van der Waals surface area contributed by atoms with E-state index >= 15 is 0 Å². The molecule has 0 spiro atoms. The lowest BCUT2D eigenvalue weighted by atomic mass is 9.95. The first-order valence-corrected chi connectivity index (χ1v) is 4.99. The molecule has 1 aromatic rings. The molecule has 4 heteroatoms. The van der Waals surface area contributed by atoms with Gasteiger partial charge in [0.2, 0.25) is 0 Å². The molecule has 0 aromatic carbocycles. The number of aromatic nitrogens is 1. The Morgan fingerprint density at radius 2 is 2.20 bits per heavy atom. The molecule has 0 unspecified atom stereocenters. The molecule has 0 bridgehead atoms. The van der Waals surface area contributed by atoms with Crippen molar-refractivity contribution in [1.82, 2.24) is 4.98 Å². The molecule has 0 amide bonds. The standard InChI is InChI=1S/C11H14FNO2/c1-7(2)8-3-9(12)10(13-4-8)11(14)5-15-6-11/h3-4,7,14H,5-6H2,1-2H3. The van der Waals surface area contributed by atoms with Crippen LogP contribution in [0.1, 0.15) is 31.0 Å². The third kappa shape index (κ3) is 1.75. The van der Waals surface area contributed by atoms with Crippen LogP contribution in [0.4, 0.5) is 4.39 Å². The van der Waals surface area contributed by atoms with Crippen molar-refractivity contribution in [1.29, 1.82) is 0 Å². The third-order valence-electron chi connectivity index (χ3n) is 2.65. The van der Waals surface area contributed by atoms with E-state index in [9.17, 15) is 9.50 Å². The van der Waals surface area contributed by atoms with Crippen molar-refractivity contribution in [3.8, 4) is 0 Å². The number of pyridine rings is 1. The summed E-state index contributed by atoms with van der Waals surface area (Å²) in [5.41, 5.74) is -0.294. The molecular weight excluding hydrogens is 197 g/mol. The Hall–Kier alpha value is -1.00. The van der Waals surface area contributed by atoms with E-state index in [0.717, 1.165) is 5.56 Å². The average Bonchev–Trinajstić information content (AvgIpc) is 2.14. The summed E-state index contributed by atoms with van der Waals surface area (Å²) in [5, 5.41) is 9.86. The van der Waals surface area contributed by atoms with Gasteiger partial charge in [0, 0.05) is 6.20 Å². The van der Waals surface area contributed by atoms with Crippen LogP contribution in [-0.2, 0) is 10.3 Å². The number of aliphatic hydroxyl groups is 1. The van der Waals surface area contributed by atoms with Gasteiger partial charge in [-0.05, 0) is 17.5 Å². The molecule has 0 aliphatic carbocycles. The molecular formula is C11H14FNO2. The van der Waals surface area contributed by atoms with Crippen molar-refractivity contribution in [2.75, 3.05) is 13.2 Å². The average molecular weight is 211 g/mol. The summed E-state index contributed by atoms with van der Waals surface area (Å²) in [6.07, 6.45) is 1.61. The Morgan fingerprint density at radius 1 is 1.53 bits per heavy atom. The highest BCUT2D eigenvalue weighted by Gasteiger charge is 2.41. The molecule has 2 rings (SSSR count). The van der Waals surface area contributed by atoms with Crippen molar-refractivity contribution in [2.24, 2.45) is 0 Å². The summed E-state index contributed by atoms with van der Waals surface area (Å²) in [5.74, 6) is -0.222. The molecule has 0 atom stereocenters. The van der Waals surface area contributed by atoms with Crippen molar-refractivity contribution in [3.05, 3.63) is 29.3 Å². The normalized spacial score (nSPS) is 19.0. The van der Waals surface area contributed by atoms with Gasteiger partial charge in [0.05, 0.1) is 13.2 Å². The minimum atomic E-state index is -1.22. The number of nitrogens with zero attached hydrogens (tertiary/aromatic N) is 1. The molecule has 1 fully saturated rings. The van der Waals surface area contributed by atoms with E-state index in [1.807, 2.05) is 13.8 Å². The maximum absolute atomic E-state index is 13.6. The Morgan fingerprint density at radius 3 is 2.60 bits per heavy atom.